The van der Waals surface area contributed by atoms with Crippen LogP contribution in [0.3, 0.4) is 0 Å². The van der Waals surface area contributed by atoms with E-state index in [1.165, 1.54) is 6.07 Å². The monoisotopic (exact) mass is 234 g/mol. The summed E-state index contributed by atoms with van der Waals surface area (Å²) in [5.41, 5.74) is 0.719. The van der Waals surface area contributed by atoms with E-state index in [4.69, 9.17) is 5.26 Å². The highest BCUT2D eigenvalue weighted by atomic mass is 19.1. The minimum absolute atomic E-state index is 0.0132. The van der Waals surface area contributed by atoms with Crippen molar-refractivity contribution in [1.82, 2.24) is 5.32 Å². The topological polar surface area (TPSA) is 52.9 Å². The Bertz CT molecular complexity index is 463. The lowest BCUT2D eigenvalue weighted by Gasteiger charge is -2.14. The molecule has 0 saturated heterocycles. The zero-order valence-corrected chi connectivity index (χ0v) is 10.1. The Labute approximate surface area is 100 Å². The highest BCUT2D eigenvalue weighted by Gasteiger charge is 2.16. The minimum Gasteiger partial charge on any atom is -0.336 e. The lowest BCUT2D eigenvalue weighted by Crippen LogP contribution is -2.37. The fourth-order valence-electron chi connectivity index (χ4n) is 1.31. The molecule has 0 fully saturated rings. The average Bonchev–Trinajstić information content (AvgIpc) is 2.28. The van der Waals surface area contributed by atoms with E-state index in [0.717, 1.165) is 0 Å². The Balaban J connectivity index is 2.83. The molecule has 0 saturated carbocycles. The van der Waals surface area contributed by atoms with Crippen molar-refractivity contribution in [2.45, 2.75) is 26.8 Å². The van der Waals surface area contributed by atoms with Crippen molar-refractivity contribution in [3.63, 3.8) is 0 Å². The Kier molecular flexibility index (Phi) is 4.22. The zero-order valence-electron chi connectivity index (χ0n) is 10.1. The van der Waals surface area contributed by atoms with Gasteiger partial charge in [0.15, 0.2) is 0 Å². The molecule has 0 spiro atoms. The minimum atomic E-state index is -0.563. The number of amides is 1. The second kappa shape index (κ2) is 5.44. The van der Waals surface area contributed by atoms with Gasteiger partial charge >= 0.3 is 0 Å². The van der Waals surface area contributed by atoms with Gasteiger partial charge in [-0.05, 0) is 30.5 Å². The predicted octanol–water partition coefficient (Wildman–Crippen LogP) is 2.41. The molecule has 0 bridgehead atoms. The van der Waals surface area contributed by atoms with E-state index in [0.29, 0.717) is 5.56 Å². The third kappa shape index (κ3) is 3.28. The molecule has 3 nitrogen and oxygen atoms in total. The van der Waals surface area contributed by atoms with Gasteiger partial charge < -0.3 is 5.32 Å². The van der Waals surface area contributed by atoms with Gasteiger partial charge in [0.2, 0.25) is 0 Å². The number of hydrogen-bond donors (Lipinski definition) is 1. The van der Waals surface area contributed by atoms with Gasteiger partial charge in [-0.3, -0.25) is 4.79 Å². The number of rotatable bonds is 3. The van der Waals surface area contributed by atoms with Crippen LogP contribution in [0.15, 0.2) is 18.2 Å². The zero-order chi connectivity index (χ0) is 13.0. The summed E-state index contributed by atoms with van der Waals surface area (Å²) in [7, 11) is 0. The Hall–Kier alpha value is -1.89. The number of halogens is 1. The Morgan fingerprint density at radius 2 is 2.12 bits per heavy atom. The van der Waals surface area contributed by atoms with E-state index in [9.17, 15) is 9.18 Å². The molecule has 1 unspecified atom stereocenters. The van der Waals surface area contributed by atoms with Crippen LogP contribution in [0.1, 0.15) is 29.8 Å². The molecule has 1 aromatic carbocycles. The SMILES string of the molecule is Cc1ccc(C(=O)NC(C#N)C(C)C)cc1F. The fraction of sp³-hybridized carbons (Fsp3) is 0.385. The number of carbonyl (C=O) groups is 1. The number of aryl methyl sites for hydroxylation is 1. The van der Waals surface area contributed by atoms with Gasteiger partial charge in [-0.2, -0.15) is 5.26 Å². The molecule has 1 amide bonds. The molecule has 1 N–H and O–H groups in total. The quantitative estimate of drug-likeness (QED) is 0.873. The van der Waals surface area contributed by atoms with Crippen molar-refractivity contribution in [3.05, 3.63) is 35.1 Å². The third-order valence-corrected chi connectivity index (χ3v) is 2.53. The van der Waals surface area contributed by atoms with E-state index >= 15 is 0 Å². The molecule has 0 aromatic heterocycles. The lowest BCUT2D eigenvalue weighted by atomic mass is 10.0. The smallest absolute Gasteiger partial charge is 0.252 e. The lowest BCUT2D eigenvalue weighted by molar-refractivity contribution is 0.0937. The molecule has 0 aliphatic rings. The summed E-state index contributed by atoms with van der Waals surface area (Å²) in [6, 6.07) is 5.71. The summed E-state index contributed by atoms with van der Waals surface area (Å²) >= 11 is 0. The first-order valence-corrected chi connectivity index (χ1v) is 5.42. The van der Waals surface area contributed by atoms with Crippen LogP contribution in [0.5, 0.6) is 0 Å². The van der Waals surface area contributed by atoms with Gasteiger partial charge in [0, 0.05) is 5.56 Å². The second-order valence-electron chi connectivity index (χ2n) is 4.29. The summed E-state index contributed by atoms with van der Waals surface area (Å²) in [5.74, 6) is -0.834. The summed E-state index contributed by atoms with van der Waals surface area (Å²) in [5, 5.41) is 11.4. The van der Waals surface area contributed by atoms with Crippen molar-refractivity contribution in [3.8, 4) is 6.07 Å². The van der Waals surface area contributed by atoms with Crippen molar-refractivity contribution in [2.24, 2.45) is 5.92 Å². The van der Waals surface area contributed by atoms with Crippen molar-refractivity contribution < 1.29 is 9.18 Å². The van der Waals surface area contributed by atoms with Gasteiger partial charge in [0.05, 0.1) is 6.07 Å². The van der Waals surface area contributed by atoms with Crippen LogP contribution in [-0.4, -0.2) is 11.9 Å². The van der Waals surface area contributed by atoms with Gasteiger partial charge in [-0.15, -0.1) is 0 Å². The largest absolute Gasteiger partial charge is 0.336 e. The molecule has 0 aliphatic carbocycles. The van der Waals surface area contributed by atoms with E-state index in [-0.39, 0.29) is 11.5 Å². The number of hydrogen-bond acceptors (Lipinski definition) is 2. The molecule has 0 radical (unpaired) electrons. The molecule has 1 atom stereocenters. The maximum Gasteiger partial charge on any atom is 0.252 e. The second-order valence-corrected chi connectivity index (χ2v) is 4.29. The highest BCUT2D eigenvalue weighted by molar-refractivity contribution is 5.94. The average molecular weight is 234 g/mol. The van der Waals surface area contributed by atoms with Crippen LogP contribution in [0.25, 0.3) is 0 Å². The summed E-state index contributed by atoms with van der Waals surface area (Å²) in [6.45, 7) is 5.30. The van der Waals surface area contributed by atoms with Crippen LogP contribution in [0, 0.1) is 30.0 Å². The maximum atomic E-state index is 13.3. The van der Waals surface area contributed by atoms with Gasteiger partial charge in [-0.1, -0.05) is 19.9 Å². The van der Waals surface area contributed by atoms with Crippen LogP contribution in [-0.2, 0) is 0 Å². The molecule has 0 aliphatic heterocycles. The molecule has 90 valence electrons. The first kappa shape index (κ1) is 13.2. The van der Waals surface area contributed by atoms with Crippen molar-refractivity contribution in [1.29, 1.82) is 5.26 Å². The number of nitrogens with zero attached hydrogens (tertiary/aromatic N) is 1. The van der Waals surface area contributed by atoms with E-state index in [1.807, 2.05) is 19.9 Å². The predicted molar refractivity (Wildman–Crippen MR) is 62.8 cm³/mol. The van der Waals surface area contributed by atoms with Crippen molar-refractivity contribution in [2.75, 3.05) is 0 Å². The molecular weight excluding hydrogens is 219 g/mol. The molecule has 0 heterocycles. The molecule has 1 aromatic rings. The number of carbonyl (C=O) groups excluding carboxylic acids is 1. The Morgan fingerprint density at radius 3 is 2.59 bits per heavy atom. The van der Waals surface area contributed by atoms with Crippen molar-refractivity contribution >= 4 is 5.91 Å². The van der Waals surface area contributed by atoms with E-state index < -0.39 is 17.8 Å². The summed E-state index contributed by atoms with van der Waals surface area (Å²) in [6.07, 6.45) is 0. The first-order chi connectivity index (χ1) is 7.95. The number of benzene rings is 1. The maximum absolute atomic E-state index is 13.3. The van der Waals surface area contributed by atoms with Gasteiger partial charge in [0.25, 0.3) is 5.91 Å². The van der Waals surface area contributed by atoms with Crippen LogP contribution in [0.4, 0.5) is 4.39 Å². The molecule has 17 heavy (non-hydrogen) atoms. The standard InChI is InChI=1S/C13H15FN2O/c1-8(2)12(7-15)16-13(17)10-5-4-9(3)11(14)6-10/h4-6,8,12H,1-3H3,(H,16,17). The Morgan fingerprint density at radius 1 is 1.47 bits per heavy atom. The van der Waals surface area contributed by atoms with Crippen LogP contribution in [0.2, 0.25) is 0 Å². The van der Waals surface area contributed by atoms with E-state index in [2.05, 4.69) is 5.32 Å². The highest BCUT2D eigenvalue weighted by Crippen LogP contribution is 2.10. The van der Waals surface area contributed by atoms with E-state index in [1.54, 1.807) is 19.1 Å². The molecular formula is C13H15FN2O. The first-order valence-electron chi connectivity index (χ1n) is 5.42. The fourth-order valence-corrected chi connectivity index (χ4v) is 1.31. The molecule has 4 heteroatoms. The molecule has 1 rings (SSSR count). The van der Waals surface area contributed by atoms with Gasteiger partial charge in [0.1, 0.15) is 11.9 Å². The number of nitrogens with one attached hydrogen (secondary N) is 1. The van der Waals surface area contributed by atoms with Gasteiger partial charge in [-0.25, -0.2) is 4.39 Å². The summed E-state index contributed by atoms with van der Waals surface area (Å²) < 4.78 is 13.3. The number of nitriles is 1. The summed E-state index contributed by atoms with van der Waals surface area (Å²) in [4.78, 5) is 11.8. The van der Waals surface area contributed by atoms with Crippen LogP contribution < -0.4 is 5.32 Å². The third-order valence-electron chi connectivity index (χ3n) is 2.53. The normalized spacial score (nSPS) is 12.0. The van der Waals surface area contributed by atoms with Crippen LogP contribution >= 0.6 is 0 Å².